The zero-order valence-electron chi connectivity index (χ0n) is 10.1. The van der Waals surface area contributed by atoms with Gasteiger partial charge in [0.15, 0.2) is 0 Å². The van der Waals surface area contributed by atoms with E-state index in [2.05, 4.69) is 6.58 Å². The number of esters is 1. The van der Waals surface area contributed by atoms with Gasteiger partial charge in [-0.05, 0) is 6.92 Å². The molecule has 2 fully saturated rings. The number of rotatable bonds is 3. The van der Waals surface area contributed by atoms with Crippen LogP contribution in [0.1, 0.15) is 13.3 Å². The summed E-state index contributed by atoms with van der Waals surface area (Å²) in [6.45, 7) is 6.84. The summed E-state index contributed by atoms with van der Waals surface area (Å²) in [4.78, 5) is 24.6. The molecule has 0 aromatic carbocycles. The largest absolute Gasteiger partial charge is 0.469 e. The fourth-order valence-corrected chi connectivity index (χ4v) is 2.72. The van der Waals surface area contributed by atoms with Crippen molar-refractivity contribution >= 4 is 12.1 Å². The summed E-state index contributed by atoms with van der Waals surface area (Å²) in [5, 5.41) is 0. The number of nitrogens with zero attached hydrogens (tertiary/aromatic N) is 1. The monoisotopic (exact) mass is 239 g/mol. The first-order valence-corrected chi connectivity index (χ1v) is 5.70. The average Bonchev–Trinajstić information content (AvgIpc) is 2.81. The van der Waals surface area contributed by atoms with Crippen molar-refractivity contribution in [3.8, 4) is 0 Å². The molecule has 0 radical (unpaired) electrons. The van der Waals surface area contributed by atoms with Gasteiger partial charge in [0.1, 0.15) is 6.61 Å². The third-order valence-electron chi connectivity index (χ3n) is 3.68. The van der Waals surface area contributed by atoms with E-state index in [9.17, 15) is 9.59 Å². The van der Waals surface area contributed by atoms with Crippen LogP contribution in [-0.2, 0) is 14.3 Å². The Morgan fingerprint density at radius 1 is 1.65 bits per heavy atom. The lowest BCUT2D eigenvalue weighted by Crippen LogP contribution is -2.31. The van der Waals surface area contributed by atoms with Crippen LogP contribution < -0.4 is 0 Å². The van der Waals surface area contributed by atoms with Gasteiger partial charge >= 0.3 is 12.1 Å². The summed E-state index contributed by atoms with van der Waals surface area (Å²) in [6.07, 6.45) is 0.0277. The van der Waals surface area contributed by atoms with Crippen LogP contribution in [0.3, 0.4) is 0 Å². The van der Waals surface area contributed by atoms with Crippen molar-refractivity contribution in [2.45, 2.75) is 19.4 Å². The van der Waals surface area contributed by atoms with Gasteiger partial charge in [0.05, 0.1) is 19.6 Å². The van der Waals surface area contributed by atoms with Gasteiger partial charge in [-0.3, -0.25) is 4.79 Å². The maximum absolute atomic E-state index is 11.5. The van der Waals surface area contributed by atoms with E-state index in [4.69, 9.17) is 9.47 Å². The molecule has 0 unspecified atom stereocenters. The van der Waals surface area contributed by atoms with Crippen LogP contribution in [0.2, 0.25) is 0 Å². The van der Waals surface area contributed by atoms with E-state index in [0.29, 0.717) is 19.6 Å². The second-order valence-corrected chi connectivity index (χ2v) is 4.69. The lowest BCUT2D eigenvalue weighted by molar-refractivity contribution is -0.142. The minimum absolute atomic E-state index is 0.0108. The first kappa shape index (κ1) is 12.0. The lowest BCUT2D eigenvalue weighted by Gasteiger charge is -2.20. The molecule has 0 saturated carbocycles. The van der Waals surface area contributed by atoms with Crippen LogP contribution in [-0.4, -0.2) is 43.3 Å². The molecule has 0 spiro atoms. The van der Waals surface area contributed by atoms with E-state index < -0.39 is 0 Å². The van der Waals surface area contributed by atoms with E-state index in [-0.39, 0.29) is 29.9 Å². The molecular formula is C12H17NO4. The molecule has 2 aliphatic heterocycles. The zero-order valence-corrected chi connectivity index (χ0v) is 10.1. The fraction of sp³-hybridized carbons (Fsp3) is 0.667. The van der Waals surface area contributed by atoms with Crippen molar-refractivity contribution < 1.29 is 19.1 Å². The van der Waals surface area contributed by atoms with Crippen molar-refractivity contribution in [2.75, 3.05) is 20.3 Å². The SMILES string of the molecule is C=C(C)[C@@H]1CN2C(=O)OC[C@@H]2[C@H]1CC(=O)OC. The molecule has 2 aliphatic rings. The van der Waals surface area contributed by atoms with Crippen LogP contribution >= 0.6 is 0 Å². The Labute approximate surface area is 100 Å². The third kappa shape index (κ3) is 2.01. The number of amides is 1. The van der Waals surface area contributed by atoms with E-state index in [0.717, 1.165) is 5.57 Å². The van der Waals surface area contributed by atoms with Gasteiger partial charge in [-0.15, -0.1) is 0 Å². The molecule has 0 aromatic heterocycles. The summed E-state index contributed by atoms with van der Waals surface area (Å²) in [6, 6.07) is -0.0108. The Morgan fingerprint density at radius 2 is 2.35 bits per heavy atom. The van der Waals surface area contributed by atoms with Crippen LogP contribution in [0.4, 0.5) is 4.79 Å². The summed E-state index contributed by atoms with van der Waals surface area (Å²) in [7, 11) is 1.38. The Bertz CT molecular complexity index is 366. The number of hydrogen-bond acceptors (Lipinski definition) is 4. The molecule has 0 N–H and O–H groups in total. The summed E-state index contributed by atoms with van der Waals surface area (Å²) in [5.74, 6) is -0.0270. The molecule has 0 aromatic rings. The van der Waals surface area contributed by atoms with Crippen molar-refractivity contribution in [1.29, 1.82) is 0 Å². The Kier molecular flexibility index (Phi) is 3.09. The molecule has 94 valence electrons. The summed E-state index contributed by atoms with van der Waals surface area (Å²) in [5.41, 5.74) is 1.00. The molecule has 5 nitrogen and oxygen atoms in total. The van der Waals surface area contributed by atoms with Crippen LogP contribution in [0, 0.1) is 11.8 Å². The number of hydrogen-bond donors (Lipinski definition) is 0. The standard InChI is InChI=1S/C12H17NO4/c1-7(2)9-5-13-10(6-17-12(13)15)8(9)4-11(14)16-3/h8-10H,1,4-6H2,2-3H3/t8-,9-,10+/m0/s1. The van der Waals surface area contributed by atoms with Gasteiger partial charge in [-0.2, -0.15) is 0 Å². The fourth-order valence-electron chi connectivity index (χ4n) is 2.72. The molecule has 17 heavy (non-hydrogen) atoms. The van der Waals surface area contributed by atoms with Gasteiger partial charge in [-0.25, -0.2) is 4.79 Å². The highest BCUT2D eigenvalue weighted by Gasteiger charge is 2.49. The Morgan fingerprint density at radius 3 is 2.94 bits per heavy atom. The summed E-state index contributed by atoms with van der Waals surface area (Å²) < 4.78 is 9.70. The highest BCUT2D eigenvalue weighted by molar-refractivity contribution is 5.73. The highest BCUT2D eigenvalue weighted by atomic mass is 16.6. The number of fused-ring (bicyclic) bond motifs is 1. The summed E-state index contributed by atoms with van der Waals surface area (Å²) >= 11 is 0. The molecule has 0 bridgehead atoms. The second-order valence-electron chi connectivity index (χ2n) is 4.69. The van der Waals surface area contributed by atoms with Gasteiger partial charge in [0.2, 0.25) is 0 Å². The average molecular weight is 239 g/mol. The van der Waals surface area contributed by atoms with Crippen molar-refractivity contribution in [2.24, 2.45) is 11.8 Å². The number of carbonyl (C=O) groups excluding carboxylic acids is 2. The highest BCUT2D eigenvalue weighted by Crippen LogP contribution is 2.39. The minimum Gasteiger partial charge on any atom is -0.469 e. The van der Waals surface area contributed by atoms with Gasteiger partial charge in [0.25, 0.3) is 0 Å². The van der Waals surface area contributed by atoms with E-state index in [1.807, 2.05) is 6.92 Å². The van der Waals surface area contributed by atoms with Crippen molar-refractivity contribution in [3.05, 3.63) is 12.2 Å². The molecule has 2 heterocycles. The molecule has 3 atom stereocenters. The number of carbonyl (C=O) groups is 2. The number of methoxy groups -OCH3 is 1. The molecule has 1 amide bonds. The van der Waals surface area contributed by atoms with Crippen LogP contribution in [0.15, 0.2) is 12.2 Å². The molecule has 2 rings (SSSR count). The molecule has 0 aliphatic carbocycles. The second kappa shape index (κ2) is 4.39. The van der Waals surface area contributed by atoms with E-state index in [1.165, 1.54) is 7.11 Å². The van der Waals surface area contributed by atoms with E-state index >= 15 is 0 Å². The van der Waals surface area contributed by atoms with Crippen LogP contribution in [0.5, 0.6) is 0 Å². The van der Waals surface area contributed by atoms with Gasteiger partial charge in [-0.1, -0.05) is 12.2 Å². The van der Waals surface area contributed by atoms with E-state index in [1.54, 1.807) is 4.90 Å². The molecule has 2 saturated heterocycles. The smallest absolute Gasteiger partial charge is 0.410 e. The van der Waals surface area contributed by atoms with Crippen molar-refractivity contribution in [3.63, 3.8) is 0 Å². The third-order valence-corrected chi connectivity index (χ3v) is 3.68. The predicted octanol–water partition coefficient (Wildman–Crippen LogP) is 1.19. The Hall–Kier alpha value is -1.52. The maximum Gasteiger partial charge on any atom is 0.410 e. The number of cyclic esters (lactones) is 1. The maximum atomic E-state index is 11.5. The van der Waals surface area contributed by atoms with Crippen molar-refractivity contribution in [1.82, 2.24) is 4.90 Å². The Balaban J connectivity index is 2.16. The predicted molar refractivity (Wildman–Crippen MR) is 60.3 cm³/mol. The molecular weight excluding hydrogens is 222 g/mol. The van der Waals surface area contributed by atoms with Gasteiger partial charge in [0, 0.05) is 18.4 Å². The lowest BCUT2D eigenvalue weighted by atomic mass is 9.84. The number of ether oxygens (including phenoxy) is 2. The first-order chi connectivity index (χ1) is 8.04. The molecule has 5 heteroatoms. The minimum atomic E-state index is -0.284. The zero-order chi connectivity index (χ0) is 12.6. The topological polar surface area (TPSA) is 55.8 Å². The first-order valence-electron chi connectivity index (χ1n) is 5.70. The normalized spacial score (nSPS) is 31.1. The van der Waals surface area contributed by atoms with Gasteiger partial charge < -0.3 is 14.4 Å². The quantitative estimate of drug-likeness (QED) is 0.548. The van der Waals surface area contributed by atoms with Crippen LogP contribution in [0.25, 0.3) is 0 Å².